The van der Waals surface area contributed by atoms with E-state index in [2.05, 4.69) is 14.7 Å². The molecule has 1 aliphatic heterocycles. The smallest absolute Gasteiger partial charge is 0.244 e. The first-order valence-electron chi connectivity index (χ1n) is 7.38. The number of aryl methyl sites for hydroxylation is 1. The van der Waals surface area contributed by atoms with Crippen LogP contribution in [0.2, 0.25) is 5.02 Å². The molecule has 1 fully saturated rings. The second kappa shape index (κ2) is 6.67. The highest BCUT2D eigenvalue weighted by Crippen LogP contribution is 2.29. The Hall–Kier alpha value is -1.68. The van der Waals surface area contributed by atoms with Gasteiger partial charge in [-0.15, -0.1) is 0 Å². The molecule has 0 saturated carbocycles. The van der Waals surface area contributed by atoms with Gasteiger partial charge in [0.2, 0.25) is 10.0 Å². The van der Waals surface area contributed by atoms with Gasteiger partial charge in [0.15, 0.2) is 0 Å². The number of hydrogen-bond donors (Lipinski definition) is 2. The lowest BCUT2D eigenvalue weighted by atomic mass is 10.0. The van der Waals surface area contributed by atoms with E-state index in [9.17, 15) is 8.42 Å². The Balaban J connectivity index is 1.77. The van der Waals surface area contributed by atoms with E-state index in [0.717, 1.165) is 5.69 Å². The third kappa shape index (κ3) is 3.54. The van der Waals surface area contributed by atoms with Crippen LogP contribution in [-0.2, 0) is 21.8 Å². The molecular formula is C14H18ClN5O3S. The molecule has 24 heavy (non-hydrogen) atoms. The van der Waals surface area contributed by atoms with Crippen molar-refractivity contribution in [1.29, 1.82) is 0 Å². The maximum Gasteiger partial charge on any atom is 0.244 e. The van der Waals surface area contributed by atoms with E-state index in [1.54, 1.807) is 12.5 Å². The van der Waals surface area contributed by atoms with Crippen molar-refractivity contribution < 1.29 is 13.2 Å². The Morgan fingerprint density at radius 2 is 2.25 bits per heavy atom. The normalized spacial score (nSPS) is 21.8. The molecular weight excluding hydrogens is 354 g/mol. The van der Waals surface area contributed by atoms with Crippen LogP contribution in [0, 0.1) is 0 Å². The van der Waals surface area contributed by atoms with Crippen molar-refractivity contribution in [2.75, 3.05) is 12.3 Å². The standard InChI is InChI=1S/C14H18ClN5O3S/c1-20-8-17-7-11(20)12-5-10(2-3-23-12)19-24(21,22)13-4-9(15)6-18-14(13)16/h4,6-8,10,12,19H,2-3,5H2,1H3,(H2,16,18)/t10-,12+/m1/s1. The van der Waals surface area contributed by atoms with Crippen LogP contribution in [0.15, 0.2) is 29.7 Å². The van der Waals surface area contributed by atoms with Gasteiger partial charge in [-0.1, -0.05) is 11.6 Å². The van der Waals surface area contributed by atoms with Crippen molar-refractivity contribution in [1.82, 2.24) is 19.3 Å². The molecule has 1 aliphatic rings. The first-order chi connectivity index (χ1) is 11.4. The van der Waals surface area contributed by atoms with Gasteiger partial charge in [-0.3, -0.25) is 0 Å². The van der Waals surface area contributed by atoms with Crippen LogP contribution in [0.3, 0.4) is 0 Å². The van der Waals surface area contributed by atoms with E-state index < -0.39 is 10.0 Å². The molecule has 1 saturated heterocycles. The summed E-state index contributed by atoms with van der Waals surface area (Å²) in [5.74, 6) is -0.0813. The number of nitrogens with zero attached hydrogens (tertiary/aromatic N) is 3. The summed E-state index contributed by atoms with van der Waals surface area (Å²) in [5, 5.41) is 0.212. The molecule has 2 aromatic heterocycles. The fraction of sp³-hybridized carbons (Fsp3) is 0.429. The van der Waals surface area contributed by atoms with Crippen LogP contribution in [0.5, 0.6) is 0 Å². The predicted octanol–water partition coefficient (Wildman–Crippen LogP) is 1.25. The largest absolute Gasteiger partial charge is 0.383 e. The number of imidazole rings is 1. The van der Waals surface area contributed by atoms with E-state index in [-0.39, 0.29) is 27.9 Å². The number of aromatic nitrogens is 3. The maximum atomic E-state index is 12.6. The number of nitrogens with two attached hydrogens (primary N) is 1. The summed E-state index contributed by atoms with van der Waals surface area (Å²) in [6, 6.07) is 1.02. The molecule has 0 aliphatic carbocycles. The highest BCUT2D eigenvalue weighted by Gasteiger charge is 2.30. The Labute approximate surface area is 145 Å². The Bertz CT molecular complexity index is 839. The van der Waals surface area contributed by atoms with E-state index in [1.165, 1.54) is 12.3 Å². The number of pyridine rings is 1. The first kappa shape index (κ1) is 17.2. The lowest BCUT2D eigenvalue weighted by molar-refractivity contribution is -0.0000425. The Morgan fingerprint density at radius 3 is 2.96 bits per heavy atom. The number of ether oxygens (including phenoxy) is 1. The minimum atomic E-state index is -3.82. The van der Waals surface area contributed by atoms with Crippen molar-refractivity contribution in [3.05, 3.63) is 35.5 Å². The number of hydrogen-bond acceptors (Lipinski definition) is 6. The summed E-state index contributed by atoms with van der Waals surface area (Å²) in [6.07, 6.45) is 5.58. The van der Waals surface area contributed by atoms with Gasteiger partial charge in [0.1, 0.15) is 16.8 Å². The number of nitrogens with one attached hydrogen (secondary N) is 1. The molecule has 3 N–H and O–H groups in total. The number of halogens is 1. The minimum absolute atomic E-state index is 0.0813. The predicted molar refractivity (Wildman–Crippen MR) is 88.9 cm³/mol. The second-order valence-electron chi connectivity index (χ2n) is 5.67. The van der Waals surface area contributed by atoms with Crippen molar-refractivity contribution in [2.45, 2.75) is 29.9 Å². The minimum Gasteiger partial charge on any atom is -0.383 e. The summed E-state index contributed by atoms with van der Waals surface area (Å²) >= 11 is 5.83. The molecule has 130 valence electrons. The monoisotopic (exact) mass is 371 g/mol. The Kier molecular flexibility index (Phi) is 4.77. The maximum absolute atomic E-state index is 12.6. The summed E-state index contributed by atoms with van der Waals surface area (Å²) in [7, 11) is -1.94. The topological polar surface area (TPSA) is 112 Å². The molecule has 2 aromatic rings. The zero-order valence-electron chi connectivity index (χ0n) is 13.0. The van der Waals surface area contributed by atoms with Gasteiger partial charge in [0.05, 0.1) is 23.2 Å². The van der Waals surface area contributed by atoms with Crippen LogP contribution in [0.25, 0.3) is 0 Å². The number of sulfonamides is 1. The number of anilines is 1. The summed E-state index contributed by atoms with van der Waals surface area (Å²) < 4.78 is 35.4. The van der Waals surface area contributed by atoms with Crippen molar-refractivity contribution in [3.63, 3.8) is 0 Å². The summed E-state index contributed by atoms with van der Waals surface area (Å²) in [5.41, 5.74) is 6.59. The van der Waals surface area contributed by atoms with Gasteiger partial charge in [-0.2, -0.15) is 0 Å². The highest BCUT2D eigenvalue weighted by atomic mass is 35.5. The number of nitrogen functional groups attached to an aromatic ring is 1. The average Bonchev–Trinajstić information content (AvgIpc) is 2.95. The van der Waals surface area contributed by atoms with E-state index in [1.807, 2.05) is 11.6 Å². The molecule has 3 heterocycles. The van der Waals surface area contributed by atoms with Crippen molar-refractivity contribution >= 4 is 27.4 Å². The van der Waals surface area contributed by atoms with Crippen LogP contribution in [0.1, 0.15) is 24.6 Å². The van der Waals surface area contributed by atoms with E-state index in [0.29, 0.717) is 19.4 Å². The molecule has 0 radical (unpaired) electrons. The molecule has 0 spiro atoms. The van der Waals surface area contributed by atoms with Gasteiger partial charge in [-0.25, -0.2) is 23.1 Å². The zero-order chi connectivity index (χ0) is 17.3. The van der Waals surface area contributed by atoms with E-state index in [4.69, 9.17) is 22.1 Å². The van der Waals surface area contributed by atoms with Crippen LogP contribution in [0.4, 0.5) is 5.82 Å². The quantitative estimate of drug-likeness (QED) is 0.836. The van der Waals surface area contributed by atoms with E-state index >= 15 is 0 Å². The number of rotatable bonds is 4. The van der Waals surface area contributed by atoms with Gasteiger partial charge in [0.25, 0.3) is 0 Å². The average molecular weight is 372 g/mol. The third-order valence-corrected chi connectivity index (χ3v) is 5.68. The molecule has 10 heteroatoms. The third-order valence-electron chi connectivity index (χ3n) is 3.93. The summed E-state index contributed by atoms with van der Waals surface area (Å²) in [6.45, 7) is 0.451. The lowest BCUT2D eigenvalue weighted by Crippen LogP contribution is -2.40. The molecule has 8 nitrogen and oxygen atoms in total. The lowest BCUT2D eigenvalue weighted by Gasteiger charge is -2.30. The van der Waals surface area contributed by atoms with Gasteiger partial charge < -0.3 is 15.0 Å². The molecule has 0 bridgehead atoms. The van der Waals surface area contributed by atoms with Gasteiger partial charge in [-0.05, 0) is 18.9 Å². The summed E-state index contributed by atoms with van der Waals surface area (Å²) in [4.78, 5) is 7.75. The second-order valence-corrected chi connectivity index (χ2v) is 7.79. The highest BCUT2D eigenvalue weighted by molar-refractivity contribution is 7.89. The molecule has 2 atom stereocenters. The van der Waals surface area contributed by atoms with Crippen LogP contribution < -0.4 is 10.5 Å². The SMILES string of the molecule is Cn1cncc1[C@@H]1C[C@H](NS(=O)(=O)c2cc(Cl)cnc2N)CCO1. The zero-order valence-corrected chi connectivity index (χ0v) is 14.6. The Morgan fingerprint density at radius 1 is 1.46 bits per heavy atom. The van der Waals surface area contributed by atoms with Crippen LogP contribution >= 0.6 is 11.6 Å². The molecule has 0 aromatic carbocycles. The van der Waals surface area contributed by atoms with Crippen molar-refractivity contribution in [2.24, 2.45) is 7.05 Å². The van der Waals surface area contributed by atoms with Crippen LogP contribution in [-0.4, -0.2) is 35.6 Å². The van der Waals surface area contributed by atoms with Gasteiger partial charge in [0, 0.05) is 25.9 Å². The van der Waals surface area contributed by atoms with Gasteiger partial charge >= 0.3 is 0 Å². The molecule has 3 rings (SSSR count). The fourth-order valence-corrected chi connectivity index (χ4v) is 4.33. The molecule has 0 unspecified atom stereocenters. The first-order valence-corrected chi connectivity index (χ1v) is 9.24. The fourth-order valence-electron chi connectivity index (χ4n) is 2.72. The van der Waals surface area contributed by atoms with Crippen molar-refractivity contribution in [3.8, 4) is 0 Å². The molecule has 0 amide bonds.